The average Bonchev–Trinajstić information content (AvgIpc) is 3.19. The van der Waals surface area contributed by atoms with Gasteiger partial charge < -0.3 is 9.88 Å². The molecular formula is C28H33N3O2. The van der Waals surface area contributed by atoms with Crippen molar-refractivity contribution >= 4 is 28.4 Å². The lowest BCUT2D eigenvalue weighted by molar-refractivity contribution is -0.127. The molecule has 0 spiro atoms. The van der Waals surface area contributed by atoms with Gasteiger partial charge in [-0.2, -0.15) is 0 Å². The monoisotopic (exact) mass is 443 g/mol. The SMILES string of the molecule is CC(C)c1ccc(N2C(=O)c3cc4ccccc4n3CC2(C)C(=O)NC2CCCCC2)cc1. The lowest BCUT2D eigenvalue weighted by Gasteiger charge is -2.44. The Hall–Kier alpha value is -3.08. The summed E-state index contributed by atoms with van der Waals surface area (Å²) in [6.07, 6.45) is 5.54. The number of carbonyl (C=O) groups is 2. The number of anilines is 1. The van der Waals surface area contributed by atoms with E-state index in [1.54, 1.807) is 4.90 Å². The summed E-state index contributed by atoms with van der Waals surface area (Å²) in [6, 6.07) is 18.3. The third-order valence-corrected chi connectivity index (χ3v) is 7.44. The van der Waals surface area contributed by atoms with Crippen LogP contribution in [0, 0.1) is 0 Å². The molecule has 1 aliphatic heterocycles. The van der Waals surface area contributed by atoms with Gasteiger partial charge in [-0.15, -0.1) is 0 Å². The van der Waals surface area contributed by atoms with Gasteiger partial charge in [-0.05, 0) is 55.5 Å². The van der Waals surface area contributed by atoms with E-state index in [0.29, 0.717) is 18.2 Å². The summed E-state index contributed by atoms with van der Waals surface area (Å²) in [4.78, 5) is 29.5. The van der Waals surface area contributed by atoms with Crippen molar-refractivity contribution in [2.24, 2.45) is 0 Å². The van der Waals surface area contributed by atoms with E-state index in [1.807, 2.05) is 54.0 Å². The number of nitrogens with one attached hydrogen (secondary N) is 1. The van der Waals surface area contributed by atoms with Crippen LogP contribution in [0.15, 0.2) is 54.6 Å². The fourth-order valence-corrected chi connectivity index (χ4v) is 5.45. The topological polar surface area (TPSA) is 54.3 Å². The fraction of sp³-hybridized carbons (Fsp3) is 0.429. The van der Waals surface area contributed by atoms with Crippen LogP contribution in [0.25, 0.3) is 10.9 Å². The van der Waals surface area contributed by atoms with Crippen LogP contribution < -0.4 is 10.2 Å². The fourth-order valence-electron chi connectivity index (χ4n) is 5.45. The third-order valence-electron chi connectivity index (χ3n) is 7.44. The zero-order valence-corrected chi connectivity index (χ0v) is 19.8. The number of nitrogens with zero attached hydrogens (tertiary/aromatic N) is 2. The minimum Gasteiger partial charge on any atom is -0.351 e. The number of fused-ring (bicyclic) bond motifs is 3. The van der Waals surface area contributed by atoms with Crippen LogP contribution in [0.5, 0.6) is 0 Å². The van der Waals surface area contributed by atoms with Crippen molar-refractivity contribution < 1.29 is 9.59 Å². The van der Waals surface area contributed by atoms with E-state index < -0.39 is 5.54 Å². The van der Waals surface area contributed by atoms with Crippen molar-refractivity contribution in [2.75, 3.05) is 4.90 Å². The molecule has 1 N–H and O–H groups in total. The summed E-state index contributed by atoms with van der Waals surface area (Å²) < 4.78 is 2.02. The third kappa shape index (κ3) is 3.73. The lowest BCUT2D eigenvalue weighted by Crippen LogP contribution is -2.65. The van der Waals surface area contributed by atoms with Gasteiger partial charge in [0, 0.05) is 22.6 Å². The molecule has 172 valence electrons. The van der Waals surface area contributed by atoms with Crippen LogP contribution >= 0.6 is 0 Å². The Balaban J connectivity index is 1.59. The molecule has 1 fully saturated rings. The number of para-hydroxylation sites is 1. The van der Waals surface area contributed by atoms with E-state index in [2.05, 4.69) is 31.3 Å². The first kappa shape index (κ1) is 21.7. The maximum absolute atomic E-state index is 13.9. The summed E-state index contributed by atoms with van der Waals surface area (Å²) in [7, 11) is 0. The molecule has 3 aromatic rings. The lowest BCUT2D eigenvalue weighted by atomic mass is 9.90. The van der Waals surface area contributed by atoms with Gasteiger partial charge in [-0.3, -0.25) is 14.5 Å². The molecule has 2 aromatic carbocycles. The minimum absolute atomic E-state index is 0.0703. The number of amides is 2. The molecule has 5 rings (SSSR count). The van der Waals surface area contributed by atoms with E-state index in [4.69, 9.17) is 0 Å². The first-order valence-corrected chi connectivity index (χ1v) is 12.2. The largest absolute Gasteiger partial charge is 0.351 e. The highest BCUT2D eigenvalue weighted by Crippen LogP contribution is 2.36. The summed E-state index contributed by atoms with van der Waals surface area (Å²) >= 11 is 0. The Bertz CT molecular complexity index is 1190. The molecule has 5 nitrogen and oxygen atoms in total. The van der Waals surface area contributed by atoms with Gasteiger partial charge in [0.15, 0.2) is 0 Å². The molecule has 2 aliphatic rings. The highest BCUT2D eigenvalue weighted by Gasteiger charge is 2.49. The molecule has 1 atom stereocenters. The highest BCUT2D eigenvalue weighted by atomic mass is 16.2. The molecule has 5 heteroatoms. The predicted octanol–water partition coefficient (Wildman–Crippen LogP) is 5.63. The van der Waals surface area contributed by atoms with Crippen molar-refractivity contribution in [1.82, 2.24) is 9.88 Å². The highest BCUT2D eigenvalue weighted by molar-refractivity contribution is 6.14. The average molecular weight is 444 g/mol. The van der Waals surface area contributed by atoms with E-state index >= 15 is 0 Å². The standard InChI is InChI=1S/C28H33N3O2/c1-19(2)20-13-15-23(16-14-20)31-26(32)25-17-21-9-7-8-12-24(21)30(25)18-28(31,3)27(33)29-22-10-5-4-6-11-22/h7-9,12-17,19,22H,4-6,10-11,18H2,1-3H3,(H,29,33). The normalized spacial score (nSPS) is 21.5. The van der Waals surface area contributed by atoms with Gasteiger partial charge in [0.05, 0.1) is 6.54 Å². The summed E-state index contributed by atoms with van der Waals surface area (Å²) in [5, 5.41) is 4.33. The second-order valence-electron chi connectivity index (χ2n) is 10.1. The molecule has 1 aliphatic carbocycles. The molecule has 33 heavy (non-hydrogen) atoms. The molecule has 0 bridgehead atoms. The van der Waals surface area contributed by atoms with Crippen LogP contribution in [0.2, 0.25) is 0 Å². The molecule has 2 amide bonds. The second kappa shape index (κ2) is 8.36. The first-order valence-electron chi connectivity index (χ1n) is 12.2. The number of aromatic nitrogens is 1. The van der Waals surface area contributed by atoms with Crippen LogP contribution in [-0.4, -0.2) is 28.0 Å². The predicted molar refractivity (Wildman–Crippen MR) is 133 cm³/mol. The number of benzene rings is 2. The van der Waals surface area contributed by atoms with E-state index in [-0.39, 0.29) is 17.9 Å². The number of hydrogen-bond donors (Lipinski definition) is 1. The van der Waals surface area contributed by atoms with Crippen LogP contribution in [0.1, 0.15) is 74.8 Å². The van der Waals surface area contributed by atoms with Gasteiger partial charge >= 0.3 is 0 Å². The van der Waals surface area contributed by atoms with Gasteiger partial charge in [0.25, 0.3) is 5.91 Å². The molecule has 1 aromatic heterocycles. The number of carbonyl (C=O) groups excluding carboxylic acids is 2. The number of rotatable bonds is 4. The molecular weight excluding hydrogens is 410 g/mol. The molecule has 0 saturated heterocycles. The Morgan fingerprint density at radius 2 is 1.73 bits per heavy atom. The number of hydrogen-bond acceptors (Lipinski definition) is 2. The minimum atomic E-state index is -1.03. The van der Waals surface area contributed by atoms with E-state index in [1.165, 1.54) is 12.0 Å². The van der Waals surface area contributed by atoms with Crippen LogP contribution in [0.4, 0.5) is 5.69 Å². The van der Waals surface area contributed by atoms with Crippen molar-refractivity contribution in [1.29, 1.82) is 0 Å². The van der Waals surface area contributed by atoms with Crippen LogP contribution in [0.3, 0.4) is 0 Å². The van der Waals surface area contributed by atoms with Gasteiger partial charge in [-0.25, -0.2) is 0 Å². The molecule has 0 radical (unpaired) electrons. The Kier molecular flexibility index (Phi) is 5.51. The molecule has 1 unspecified atom stereocenters. The zero-order chi connectivity index (χ0) is 23.2. The quantitative estimate of drug-likeness (QED) is 0.568. The Morgan fingerprint density at radius 3 is 2.42 bits per heavy atom. The van der Waals surface area contributed by atoms with Gasteiger partial charge in [-0.1, -0.05) is 63.4 Å². The maximum Gasteiger partial charge on any atom is 0.275 e. The maximum atomic E-state index is 13.9. The summed E-state index contributed by atoms with van der Waals surface area (Å²) in [5.74, 6) is 0.204. The molecule has 2 heterocycles. The van der Waals surface area contributed by atoms with Crippen molar-refractivity contribution in [3.05, 3.63) is 65.9 Å². The summed E-state index contributed by atoms with van der Waals surface area (Å²) in [5.41, 5.74) is 2.58. The van der Waals surface area contributed by atoms with Crippen molar-refractivity contribution in [3.63, 3.8) is 0 Å². The van der Waals surface area contributed by atoms with Gasteiger partial charge in [0.1, 0.15) is 11.2 Å². The zero-order valence-electron chi connectivity index (χ0n) is 19.8. The summed E-state index contributed by atoms with van der Waals surface area (Å²) in [6.45, 7) is 6.64. The Morgan fingerprint density at radius 1 is 1.03 bits per heavy atom. The van der Waals surface area contributed by atoms with Gasteiger partial charge in [0.2, 0.25) is 5.91 Å². The van der Waals surface area contributed by atoms with Crippen molar-refractivity contribution in [2.45, 2.75) is 76.9 Å². The molecule has 1 saturated carbocycles. The van der Waals surface area contributed by atoms with Crippen LogP contribution in [-0.2, 0) is 11.3 Å². The Labute approximate surface area is 195 Å². The second-order valence-corrected chi connectivity index (χ2v) is 10.1. The van der Waals surface area contributed by atoms with E-state index in [0.717, 1.165) is 42.3 Å². The first-order chi connectivity index (χ1) is 15.9. The smallest absolute Gasteiger partial charge is 0.275 e. The van der Waals surface area contributed by atoms with Crippen molar-refractivity contribution in [3.8, 4) is 0 Å². The van der Waals surface area contributed by atoms with E-state index in [9.17, 15) is 9.59 Å².